The van der Waals surface area contributed by atoms with Crippen LogP contribution in [0.4, 0.5) is 0 Å². The van der Waals surface area contributed by atoms with Gasteiger partial charge in [-0.3, -0.25) is 4.67 Å². The zero-order chi connectivity index (χ0) is 19.6. The van der Waals surface area contributed by atoms with Crippen molar-refractivity contribution >= 4 is 8.07 Å². The van der Waals surface area contributed by atoms with E-state index < -0.39 is 0 Å². The third kappa shape index (κ3) is 15.2. The first kappa shape index (κ1) is 23.4. The molecule has 0 rings (SSSR count). The largest absolute Gasteiger partial charge is 0.277 e. The SMILES string of the molecule is [3H]CCCCCCCCCCCCCCCCP(C)N(C(C)C)C(C)C. The Bertz CT molecular complexity index is 275. The van der Waals surface area contributed by atoms with E-state index in [0.717, 1.165) is 6.42 Å². The molecule has 1 atom stereocenters. The zero-order valence-electron chi connectivity index (χ0n) is 19.4. The monoisotopic (exact) mass is 373 g/mol. The van der Waals surface area contributed by atoms with Crippen molar-refractivity contribution < 1.29 is 1.37 Å². The van der Waals surface area contributed by atoms with Gasteiger partial charge in [0.15, 0.2) is 0 Å². The van der Waals surface area contributed by atoms with Crippen LogP contribution in [0.15, 0.2) is 0 Å². The summed E-state index contributed by atoms with van der Waals surface area (Å²) in [6.07, 6.45) is 21.0. The second kappa shape index (κ2) is 17.8. The van der Waals surface area contributed by atoms with Crippen molar-refractivity contribution in [2.45, 2.75) is 137 Å². The third-order valence-corrected chi connectivity index (χ3v) is 7.86. The molecule has 2 heteroatoms. The fourth-order valence-corrected chi connectivity index (χ4v) is 6.45. The molecule has 0 aliphatic carbocycles. The fraction of sp³-hybridized carbons (Fsp3) is 1.00. The lowest BCUT2D eigenvalue weighted by Gasteiger charge is -2.36. The van der Waals surface area contributed by atoms with Crippen LogP contribution in [0.3, 0.4) is 0 Å². The van der Waals surface area contributed by atoms with E-state index in [2.05, 4.69) is 39.0 Å². The molecule has 0 saturated carbocycles. The molecule has 0 aromatic carbocycles. The van der Waals surface area contributed by atoms with Crippen molar-refractivity contribution in [3.05, 3.63) is 0 Å². The smallest absolute Gasteiger partial charge is 0.0230 e. The standard InChI is InChI=1S/C23H50NP/c1-7-8-9-10-11-12-13-14-15-16-17-18-19-20-21-25(6)24(22(2)3)23(4)5/h22-23H,7-21H2,1-6H3/i1T. The molecule has 152 valence electrons. The van der Waals surface area contributed by atoms with Crippen molar-refractivity contribution in [3.8, 4) is 0 Å². The lowest BCUT2D eigenvalue weighted by atomic mass is 10.0. The van der Waals surface area contributed by atoms with Crippen LogP contribution in [0.5, 0.6) is 0 Å². The average molecular weight is 374 g/mol. The van der Waals surface area contributed by atoms with Gasteiger partial charge in [-0.25, -0.2) is 0 Å². The summed E-state index contributed by atoms with van der Waals surface area (Å²) in [5, 5.41) is 0. The molecule has 25 heavy (non-hydrogen) atoms. The Morgan fingerprint density at radius 1 is 0.640 bits per heavy atom. The topological polar surface area (TPSA) is 3.24 Å². The van der Waals surface area contributed by atoms with Gasteiger partial charge < -0.3 is 0 Å². The summed E-state index contributed by atoms with van der Waals surface area (Å²) in [7, 11) is 0.0595. The van der Waals surface area contributed by atoms with E-state index in [0.29, 0.717) is 19.0 Å². The van der Waals surface area contributed by atoms with Crippen LogP contribution in [-0.4, -0.2) is 29.6 Å². The molecule has 1 unspecified atom stereocenters. The lowest BCUT2D eigenvalue weighted by molar-refractivity contribution is 0.323. The zero-order valence-corrected chi connectivity index (χ0v) is 19.3. The van der Waals surface area contributed by atoms with Crippen LogP contribution in [-0.2, 0) is 0 Å². The van der Waals surface area contributed by atoms with Gasteiger partial charge in [0.25, 0.3) is 0 Å². The number of hydrogen-bond acceptors (Lipinski definition) is 1. The van der Waals surface area contributed by atoms with Gasteiger partial charge in [0.05, 0.1) is 0 Å². The van der Waals surface area contributed by atoms with Crippen LogP contribution >= 0.6 is 8.07 Å². The Balaban J connectivity index is 3.33. The summed E-state index contributed by atoms with van der Waals surface area (Å²) in [6, 6.07) is 1.38. The van der Waals surface area contributed by atoms with E-state index in [-0.39, 0.29) is 8.07 Å². The summed E-state index contributed by atoms with van der Waals surface area (Å²) in [5.41, 5.74) is 0. The summed E-state index contributed by atoms with van der Waals surface area (Å²) in [6.45, 7) is 12.5. The molecule has 0 N–H and O–H groups in total. The predicted molar refractivity (Wildman–Crippen MR) is 120 cm³/mol. The van der Waals surface area contributed by atoms with E-state index >= 15 is 0 Å². The molecule has 0 amide bonds. The summed E-state index contributed by atoms with van der Waals surface area (Å²) >= 11 is 0. The van der Waals surface area contributed by atoms with Crippen molar-refractivity contribution in [2.75, 3.05) is 12.8 Å². The second-order valence-corrected chi connectivity index (χ2v) is 10.6. The van der Waals surface area contributed by atoms with Gasteiger partial charge in [0, 0.05) is 13.5 Å². The Labute approximate surface area is 163 Å². The molecule has 0 heterocycles. The van der Waals surface area contributed by atoms with Crippen molar-refractivity contribution in [3.63, 3.8) is 0 Å². The van der Waals surface area contributed by atoms with Gasteiger partial charge in [0.1, 0.15) is 0 Å². The molecule has 0 aliphatic heterocycles. The molecule has 0 aromatic rings. The lowest BCUT2D eigenvalue weighted by Crippen LogP contribution is -2.32. The Hall–Kier alpha value is 0.390. The highest BCUT2D eigenvalue weighted by Crippen LogP contribution is 2.40. The van der Waals surface area contributed by atoms with E-state index in [1.165, 1.54) is 89.6 Å². The first-order chi connectivity index (χ1) is 12.5. The molecule has 0 bridgehead atoms. The highest BCUT2D eigenvalue weighted by Gasteiger charge is 2.19. The maximum Gasteiger partial charge on any atom is 0.0230 e. The van der Waals surface area contributed by atoms with Crippen LogP contribution in [0.25, 0.3) is 0 Å². The highest BCUT2D eigenvalue weighted by molar-refractivity contribution is 7.54. The highest BCUT2D eigenvalue weighted by atomic mass is 31.1. The van der Waals surface area contributed by atoms with Crippen LogP contribution in [0.2, 0.25) is 0 Å². The van der Waals surface area contributed by atoms with Crippen molar-refractivity contribution in [1.29, 1.82) is 0 Å². The Kier molecular flexibility index (Phi) is 16.7. The predicted octanol–water partition coefficient (Wildman–Crippen LogP) is 8.61. The Morgan fingerprint density at radius 3 is 1.36 bits per heavy atom. The molecule has 0 saturated heterocycles. The van der Waals surface area contributed by atoms with Gasteiger partial charge in [-0.2, -0.15) is 0 Å². The number of nitrogens with zero attached hydrogens (tertiary/aromatic N) is 1. The number of hydrogen-bond donors (Lipinski definition) is 0. The van der Waals surface area contributed by atoms with E-state index in [1.54, 1.807) is 0 Å². The van der Waals surface area contributed by atoms with E-state index in [9.17, 15) is 0 Å². The van der Waals surface area contributed by atoms with Gasteiger partial charge in [-0.15, -0.1) is 0 Å². The summed E-state index contributed by atoms with van der Waals surface area (Å²) in [4.78, 5) is 0. The first-order valence-electron chi connectivity index (χ1n) is 12.0. The molecule has 0 aliphatic rings. The van der Waals surface area contributed by atoms with Crippen LogP contribution in [0.1, 0.15) is 126 Å². The normalized spacial score (nSPS) is 13.8. The van der Waals surface area contributed by atoms with Gasteiger partial charge in [-0.1, -0.05) is 90.4 Å². The van der Waals surface area contributed by atoms with Gasteiger partial charge in [0.2, 0.25) is 0 Å². The quantitative estimate of drug-likeness (QED) is 0.172. The number of rotatable bonds is 18. The molecular formula is C23H50NP. The van der Waals surface area contributed by atoms with E-state index in [4.69, 9.17) is 1.37 Å². The van der Waals surface area contributed by atoms with Gasteiger partial charge in [-0.05, 0) is 55.0 Å². The minimum Gasteiger partial charge on any atom is -0.277 e. The Morgan fingerprint density at radius 2 is 1.00 bits per heavy atom. The van der Waals surface area contributed by atoms with Gasteiger partial charge >= 0.3 is 0 Å². The van der Waals surface area contributed by atoms with Crippen LogP contribution < -0.4 is 0 Å². The fourth-order valence-electron chi connectivity index (χ4n) is 3.96. The van der Waals surface area contributed by atoms with Crippen molar-refractivity contribution in [1.82, 2.24) is 4.67 Å². The molecular weight excluding hydrogens is 321 g/mol. The molecule has 0 radical (unpaired) electrons. The van der Waals surface area contributed by atoms with Crippen LogP contribution in [0, 0.1) is 0 Å². The van der Waals surface area contributed by atoms with Crippen molar-refractivity contribution in [2.24, 2.45) is 0 Å². The molecule has 0 spiro atoms. The number of unbranched alkanes of at least 4 members (excludes halogenated alkanes) is 13. The maximum absolute atomic E-state index is 7.13. The second-order valence-electron chi connectivity index (χ2n) is 8.40. The summed E-state index contributed by atoms with van der Waals surface area (Å²) in [5.74, 6) is 0. The minimum atomic E-state index is 0.0595. The minimum absolute atomic E-state index is 0.0595. The maximum atomic E-state index is 7.13. The summed E-state index contributed by atoms with van der Waals surface area (Å²) < 4.78 is 9.86. The molecule has 0 aromatic heterocycles. The molecule has 1 nitrogen and oxygen atoms in total. The molecule has 0 fully saturated rings. The average Bonchev–Trinajstić information content (AvgIpc) is 2.57. The first-order valence-corrected chi connectivity index (χ1v) is 13.2. The van der Waals surface area contributed by atoms with E-state index in [1.807, 2.05) is 0 Å². The third-order valence-electron chi connectivity index (χ3n) is 5.18.